The van der Waals surface area contributed by atoms with E-state index in [1.54, 1.807) is 0 Å². The molecule has 0 spiro atoms. The molecule has 84 valence electrons. The summed E-state index contributed by atoms with van der Waals surface area (Å²) in [6.45, 7) is -0.302. The van der Waals surface area contributed by atoms with E-state index in [1.165, 1.54) is 12.3 Å². The minimum atomic E-state index is -1.27. The third kappa shape index (κ3) is 1.47. The molecule has 0 aliphatic carbocycles. The summed E-state index contributed by atoms with van der Waals surface area (Å²) in [6.07, 6.45) is 1.45. The minimum Gasteiger partial charge on any atom is -0.476 e. The number of aromatic amines is 1. The zero-order valence-corrected chi connectivity index (χ0v) is 8.17. The van der Waals surface area contributed by atoms with E-state index < -0.39 is 11.5 Å². The lowest BCUT2D eigenvalue weighted by atomic mass is 10.1. The van der Waals surface area contributed by atoms with Crippen molar-refractivity contribution in [3.63, 3.8) is 0 Å². The zero-order valence-electron chi connectivity index (χ0n) is 8.17. The number of carboxylic acid groups (broad SMARTS) is 1. The molecule has 0 aromatic carbocycles. The first-order chi connectivity index (χ1) is 7.65. The summed E-state index contributed by atoms with van der Waals surface area (Å²) in [6, 6.07) is 1.50. The summed E-state index contributed by atoms with van der Waals surface area (Å²) >= 11 is 0. The van der Waals surface area contributed by atoms with Gasteiger partial charge < -0.3 is 10.2 Å². The van der Waals surface area contributed by atoms with E-state index in [1.807, 2.05) is 0 Å². The highest BCUT2D eigenvalue weighted by Gasteiger charge is 2.17. The number of carbonyl (C=O) groups is 1. The van der Waals surface area contributed by atoms with E-state index in [0.29, 0.717) is 0 Å². The fourth-order valence-corrected chi connectivity index (χ4v) is 1.51. The van der Waals surface area contributed by atoms with E-state index in [0.717, 1.165) is 4.52 Å². The quantitative estimate of drug-likeness (QED) is 0.634. The molecule has 7 nitrogen and oxygen atoms in total. The molecule has 0 atom stereocenters. The maximum atomic E-state index is 11.8. The van der Waals surface area contributed by atoms with Crippen molar-refractivity contribution in [1.82, 2.24) is 14.6 Å². The molecule has 0 aliphatic rings. The van der Waals surface area contributed by atoms with Gasteiger partial charge >= 0.3 is 5.97 Å². The van der Waals surface area contributed by atoms with Crippen LogP contribution >= 0.6 is 0 Å². The number of hydrogen-bond acceptors (Lipinski definition) is 4. The Hall–Kier alpha value is -2.15. The molecule has 2 rings (SSSR count). The number of aliphatic hydroxyl groups is 1. The van der Waals surface area contributed by atoms with Crippen molar-refractivity contribution < 1.29 is 15.0 Å². The lowest BCUT2D eigenvalue weighted by Crippen LogP contribution is -2.25. The average Bonchev–Trinajstić information content (AvgIpc) is 2.70. The Morgan fingerprint density at radius 3 is 2.94 bits per heavy atom. The van der Waals surface area contributed by atoms with Crippen LogP contribution in [0.2, 0.25) is 0 Å². The molecule has 2 heterocycles. The second-order valence-electron chi connectivity index (χ2n) is 3.18. The zero-order chi connectivity index (χ0) is 11.7. The molecule has 0 saturated heterocycles. The van der Waals surface area contributed by atoms with Crippen LogP contribution in [-0.2, 0) is 6.42 Å². The second kappa shape index (κ2) is 3.78. The first kappa shape index (κ1) is 10.4. The number of aromatic carboxylic acids is 1. The summed E-state index contributed by atoms with van der Waals surface area (Å²) in [4.78, 5) is 26.6. The summed E-state index contributed by atoms with van der Waals surface area (Å²) in [5, 5.41) is 20.3. The van der Waals surface area contributed by atoms with Crippen LogP contribution in [0, 0.1) is 0 Å². The predicted octanol–water partition coefficient (Wildman–Crippen LogP) is -0.744. The van der Waals surface area contributed by atoms with Crippen LogP contribution in [0.4, 0.5) is 0 Å². The van der Waals surface area contributed by atoms with Crippen molar-refractivity contribution in [1.29, 1.82) is 0 Å². The van der Waals surface area contributed by atoms with Gasteiger partial charge in [0.2, 0.25) is 0 Å². The molecule has 0 radical (unpaired) electrons. The van der Waals surface area contributed by atoms with E-state index in [2.05, 4.69) is 10.1 Å². The number of rotatable bonds is 3. The van der Waals surface area contributed by atoms with Gasteiger partial charge in [-0.25, -0.2) is 14.3 Å². The van der Waals surface area contributed by atoms with Gasteiger partial charge in [-0.1, -0.05) is 0 Å². The van der Waals surface area contributed by atoms with Crippen LogP contribution < -0.4 is 5.56 Å². The van der Waals surface area contributed by atoms with Crippen LogP contribution in [0.3, 0.4) is 0 Å². The van der Waals surface area contributed by atoms with Crippen LogP contribution in [0.5, 0.6) is 0 Å². The molecule has 2 aromatic heterocycles. The normalized spacial score (nSPS) is 10.8. The molecule has 0 saturated carbocycles. The number of hydrogen-bond donors (Lipinski definition) is 3. The Morgan fingerprint density at radius 2 is 2.31 bits per heavy atom. The maximum Gasteiger partial charge on any atom is 0.355 e. The van der Waals surface area contributed by atoms with Gasteiger partial charge in [-0.15, -0.1) is 0 Å². The van der Waals surface area contributed by atoms with Gasteiger partial charge in [-0.3, -0.25) is 9.89 Å². The highest BCUT2D eigenvalue weighted by Crippen LogP contribution is 2.04. The van der Waals surface area contributed by atoms with Crippen LogP contribution in [0.25, 0.3) is 5.65 Å². The highest BCUT2D eigenvalue weighted by atomic mass is 16.4. The SMILES string of the molecule is O=C(O)c1nc2cc[nH]n2c(=O)c1CCO. The average molecular weight is 223 g/mol. The van der Waals surface area contributed by atoms with Gasteiger partial charge in [0.15, 0.2) is 11.3 Å². The van der Waals surface area contributed by atoms with Gasteiger partial charge in [-0.2, -0.15) is 0 Å². The van der Waals surface area contributed by atoms with E-state index in [4.69, 9.17) is 10.2 Å². The summed E-state index contributed by atoms with van der Waals surface area (Å²) < 4.78 is 1.14. The van der Waals surface area contributed by atoms with Gasteiger partial charge in [-0.05, 0) is 0 Å². The maximum absolute atomic E-state index is 11.8. The van der Waals surface area contributed by atoms with Crippen molar-refractivity contribution in [2.24, 2.45) is 0 Å². The number of carboxylic acids is 1. The molecule has 16 heavy (non-hydrogen) atoms. The lowest BCUT2D eigenvalue weighted by molar-refractivity contribution is 0.0689. The molecule has 7 heteroatoms. The largest absolute Gasteiger partial charge is 0.476 e. The summed E-state index contributed by atoms with van der Waals surface area (Å²) in [5.41, 5.74) is -0.570. The van der Waals surface area contributed by atoms with Gasteiger partial charge in [0.05, 0.1) is 5.56 Å². The topological polar surface area (TPSA) is 108 Å². The predicted molar refractivity (Wildman–Crippen MR) is 53.6 cm³/mol. The van der Waals surface area contributed by atoms with Gasteiger partial charge in [0.25, 0.3) is 5.56 Å². The Kier molecular flexibility index (Phi) is 2.45. The van der Waals surface area contributed by atoms with Crippen LogP contribution in [-0.4, -0.2) is 37.4 Å². The molecule has 0 fully saturated rings. The number of nitrogens with zero attached hydrogens (tertiary/aromatic N) is 2. The molecular formula is C9H9N3O4. The number of aromatic nitrogens is 3. The van der Waals surface area contributed by atoms with Gasteiger partial charge in [0.1, 0.15) is 0 Å². The molecule has 0 unspecified atom stereocenters. The third-order valence-corrected chi connectivity index (χ3v) is 2.20. The summed E-state index contributed by atoms with van der Waals surface area (Å²) in [5.74, 6) is -1.27. The monoisotopic (exact) mass is 223 g/mol. The van der Waals surface area contributed by atoms with Crippen LogP contribution in [0.15, 0.2) is 17.1 Å². The first-order valence-corrected chi connectivity index (χ1v) is 4.58. The lowest BCUT2D eigenvalue weighted by Gasteiger charge is -2.03. The standard InChI is InChI=1S/C9H9N3O4/c13-4-2-5-7(9(15)16)11-6-1-3-10-12(6)8(5)14/h1,3,10,13H,2,4H2,(H,15,16). The Balaban J connectivity index is 2.80. The molecule has 0 bridgehead atoms. The van der Waals surface area contributed by atoms with E-state index in [9.17, 15) is 9.59 Å². The van der Waals surface area contributed by atoms with E-state index >= 15 is 0 Å². The van der Waals surface area contributed by atoms with E-state index in [-0.39, 0.29) is 29.9 Å². The third-order valence-electron chi connectivity index (χ3n) is 2.20. The van der Waals surface area contributed by atoms with Crippen molar-refractivity contribution in [3.05, 3.63) is 33.9 Å². The second-order valence-corrected chi connectivity index (χ2v) is 3.18. The Labute approximate surface area is 89.0 Å². The minimum absolute atomic E-state index is 0.00468. The fourth-order valence-electron chi connectivity index (χ4n) is 1.51. The van der Waals surface area contributed by atoms with Crippen molar-refractivity contribution >= 4 is 11.6 Å². The Bertz CT molecular complexity index is 598. The first-order valence-electron chi connectivity index (χ1n) is 4.58. The van der Waals surface area contributed by atoms with Crippen molar-refractivity contribution in [3.8, 4) is 0 Å². The smallest absolute Gasteiger partial charge is 0.355 e. The van der Waals surface area contributed by atoms with Crippen molar-refractivity contribution in [2.45, 2.75) is 6.42 Å². The molecular weight excluding hydrogens is 214 g/mol. The fraction of sp³-hybridized carbons (Fsp3) is 0.222. The highest BCUT2D eigenvalue weighted by molar-refractivity contribution is 5.87. The number of fused-ring (bicyclic) bond motifs is 1. The molecule has 3 N–H and O–H groups in total. The molecule has 0 amide bonds. The molecule has 0 aliphatic heterocycles. The number of nitrogens with one attached hydrogen (secondary N) is 1. The summed E-state index contributed by atoms with van der Waals surface area (Å²) in [7, 11) is 0. The van der Waals surface area contributed by atoms with Crippen molar-refractivity contribution in [2.75, 3.05) is 6.61 Å². The van der Waals surface area contributed by atoms with Crippen LogP contribution in [0.1, 0.15) is 16.1 Å². The molecule has 2 aromatic rings. The Morgan fingerprint density at radius 1 is 1.56 bits per heavy atom. The number of H-pyrrole nitrogens is 1. The van der Waals surface area contributed by atoms with Gasteiger partial charge in [0, 0.05) is 25.3 Å². The number of aliphatic hydroxyl groups excluding tert-OH is 1.